The van der Waals surface area contributed by atoms with E-state index in [2.05, 4.69) is 126 Å². The maximum atomic E-state index is 6.53. The summed E-state index contributed by atoms with van der Waals surface area (Å²) in [5, 5.41) is 4.64. The Bertz CT molecular complexity index is 2050. The Hall–Kier alpha value is -4.27. The maximum absolute atomic E-state index is 6.53. The summed E-state index contributed by atoms with van der Waals surface area (Å²) in [4.78, 5) is 5.08. The van der Waals surface area contributed by atoms with Crippen LogP contribution in [0.25, 0.3) is 16.8 Å². The molecule has 0 spiro atoms. The number of pyridine rings is 1. The third kappa shape index (κ3) is 5.75. The largest absolute Gasteiger partial charge is 2.00 e. The molecule has 0 bridgehead atoms. The normalized spacial score (nSPS) is 13.4. The molecule has 0 fully saturated rings. The predicted molar refractivity (Wildman–Crippen MR) is 190 cm³/mol. The van der Waals surface area contributed by atoms with Gasteiger partial charge in [-0.05, 0) is 81.9 Å². The molecule has 0 amide bonds. The first-order chi connectivity index (χ1) is 22.4. The second kappa shape index (κ2) is 12.3. The van der Waals surface area contributed by atoms with E-state index >= 15 is 0 Å². The molecule has 2 heterocycles. The van der Waals surface area contributed by atoms with Crippen LogP contribution in [0.2, 0.25) is 0 Å². The summed E-state index contributed by atoms with van der Waals surface area (Å²) < 4.78 is 8.42. The molecule has 0 aliphatic heterocycles. The van der Waals surface area contributed by atoms with Gasteiger partial charge in [0.1, 0.15) is 0 Å². The van der Waals surface area contributed by atoms with Gasteiger partial charge in [-0.15, -0.1) is 35.9 Å². The van der Waals surface area contributed by atoms with Crippen molar-refractivity contribution in [2.45, 2.75) is 71.6 Å². The van der Waals surface area contributed by atoms with Gasteiger partial charge in [0.2, 0.25) is 0 Å². The first-order valence-electron chi connectivity index (χ1n) is 16.3. The second-order valence-electron chi connectivity index (χ2n) is 14.8. The number of rotatable bonds is 5. The van der Waals surface area contributed by atoms with Crippen LogP contribution in [0.15, 0.2) is 103 Å². The van der Waals surface area contributed by atoms with Gasteiger partial charge in [0.25, 0.3) is 0 Å². The zero-order chi connectivity index (χ0) is 33.1. The Labute approximate surface area is 299 Å². The average molecular weight is 811 g/mol. The van der Waals surface area contributed by atoms with Crippen LogP contribution >= 0.6 is 0 Å². The van der Waals surface area contributed by atoms with E-state index in [-0.39, 0.29) is 31.9 Å². The molecule has 1 aliphatic rings. The Morgan fingerprint density at radius 2 is 1.27 bits per heavy atom. The van der Waals surface area contributed by atoms with E-state index < -0.39 is 5.41 Å². The van der Waals surface area contributed by atoms with E-state index in [4.69, 9.17) is 9.72 Å². The molecule has 7 rings (SSSR count). The summed E-state index contributed by atoms with van der Waals surface area (Å²) in [6, 6.07) is 41.5. The van der Waals surface area contributed by atoms with Crippen LogP contribution in [0, 0.1) is 26.0 Å². The smallest absolute Gasteiger partial charge is 0.509 e. The summed E-state index contributed by atoms with van der Waals surface area (Å²) in [5.74, 6) is 1.22. The molecule has 0 unspecified atom stereocenters. The quantitative estimate of drug-likeness (QED) is 0.163. The number of hydrogen-bond acceptors (Lipinski definition) is 3. The van der Waals surface area contributed by atoms with E-state index in [1.807, 2.05) is 55.1 Å². The molecule has 48 heavy (non-hydrogen) atoms. The average Bonchev–Trinajstić information content (AvgIpc) is 3.54. The fourth-order valence-electron chi connectivity index (χ4n) is 6.88. The van der Waals surface area contributed by atoms with E-state index in [9.17, 15) is 0 Å². The summed E-state index contributed by atoms with van der Waals surface area (Å²) in [6.45, 7) is 17.7. The summed E-state index contributed by atoms with van der Waals surface area (Å²) in [7, 11) is 0. The minimum atomic E-state index is -0.705. The van der Waals surface area contributed by atoms with E-state index in [0.29, 0.717) is 11.5 Å². The molecule has 244 valence electrons. The number of nitrogens with zero attached hydrogens (tertiary/aromatic N) is 3. The second-order valence-corrected chi connectivity index (χ2v) is 14.8. The molecule has 0 atom stereocenters. The third-order valence-electron chi connectivity index (χ3n) is 9.30. The van der Waals surface area contributed by atoms with Crippen molar-refractivity contribution in [3.05, 3.63) is 160 Å². The fourth-order valence-corrected chi connectivity index (χ4v) is 6.88. The summed E-state index contributed by atoms with van der Waals surface area (Å²) in [6.07, 6.45) is 1.90. The Kier molecular flexibility index (Phi) is 8.63. The number of aryl methyl sites for hydroxylation is 2. The van der Waals surface area contributed by atoms with Gasteiger partial charge < -0.3 is 4.74 Å². The number of aromatic nitrogens is 3. The van der Waals surface area contributed by atoms with E-state index in [1.165, 1.54) is 33.4 Å². The number of hydrogen-bond donors (Lipinski definition) is 0. The van der Waals surface area contributed by atoms with Gasteiger partial charge in [0.15, 0.2) is 0 Å². The molecular formula is C43H41N3OPt. The Morgan fingerprint density at radius 1 is 0.667 bits per heavy atom. The van der Waals surface area contributed by atoms with Crippen molar-refractivity contribution in [1.82, 2.24) is 14.8 Å². The molecule has 0 radical (unpaired) electrons. The molecule has 0 N–H and O–H groups in total. The molecule has 6 aromatic rings. The molecule has 1 aliphatic carbocycles. The van der Waals surface area contributed by atoms with Crippen molar-refractivity contribution >= 4 is 0 Å². The molecular weight excluding hydrogens is 770 g/mol. The zero-order valence-electron chi connectivity index (χ0n) is 28.9. The van der Waals surface area contributed by atoms with Gasteiger partial charge in [0, 0.05) is 23.4 Å². The first kappa shape index (κ1) is 33.6. The summed E-state index contributed by atoms with van der Waals surface area (Å²) >= 11 is 0. The number of fused-ring (bicyclic) bond motifs is 3. The molecule has 4 nitrogen and oxygen atoms in total. The molecule has 0 saturated carbocycles. The van der Waals surface area contributed by atoms with Crippen LogP contribution in [0.3, 0.4) is 0 Å². The van der Waals surface area contributed by atoms with Gasteiger partial charge in [-0.2, -0.15) is 23.3 Å². The molecule has 5 heteroatoms. The number of benzene rings is 4. The monoisotopic (exact) mass is 810 g/mol. The van der Waals surface area contributed by atoms with Crippen molar-refractivity contribution in [3.63, 3.8) is 0 Å². The van der Waals surface area contributed by atoms with Crippen molar-refractivity contribution in [2.24, 2.45) is 0 Å². The van der Waals surface area contributed by atoms with Gasteiger partial charge in [-0.25, -0.2) is 0 Å². The van der Waals surface area contributed by atoms with Crippen molar-refractivity contribution in [2.75, 3.05) is 0 Å². The molecule has 4 aromatic carbocycles. The van der Waals surface area contributed by atoms with Crippen LogP contribution in [0.5, 0.6) is 11.5 Å². The van der Waals surface area contributed by atoms with Crippen LogP contribution in [-0.4, -0.2) is 14.8 Å². The number of ether oxygens (including phenoxy) is 1. The molecule has 0 saturated heterocycles. The van der Waals surface area contributed by atoms with Crippen LogP contribution in [-0.2, 0) is 37.3 Å². The topological polar surface area (TPSA) is 39.9 Å². The zero-order valence-corrected chi connectivity index (χ0v) is 31.2. The SMILES string of the molecule is Cc1cc(C)n(-c2[c-]c(Oc3[c-]c(C4(c5ccccn5)c5cc(C(C)(C)C)ccc5-c5ccc(C(C)(C)C)cc54)ccc3)ccc2)n1.[Pt+2]. The summed E-state index contributed by atoms with van der Waals surface area (Å²) in [5.41, 5.74) is 11.5. The minimum Gasteiger partial charge on any atom is -0.509 e. The van der Waals surface area contributed by atoms with Gasteiger partial charge in [0.05, 0.1) is 16.8 Å². The van der Waals surface area contributed by atoms with E-state index in [1.54, 1.807) is 0 Å². The van der Waals surface area contributed by atoms with Crippen molar-refractivity contribution < 1.29 is 25.8 Å². The van der Waals surface area contributed by atoms with Crippen molar-refractivity contribution in [3.8, 4) is 28.3 Å². The van der Waals surface area contributed by atoms with E-state index in [0.717, 1.165) is 28.3 Å². The molecule has 2 aromatic heterocycles. The minimum absolute atomic E-state index is 0. The van der Waals surface area contributed by atoms with Crippen molar-refractivity contribution in [1.29, 1.82) is 0 Å². The third-order valence-corrected chi connectivity index (χ3v) is 9.30. The Balaban J connectivity index is 0.00000401. The van der Waals surface area contributed by atoms with Gasteiger partial charge in [-0.3, -0.25) is 9.67 Å². The standard InChI is InChI=1S/C43H41N3O.Pt/c1-28-23-29(2)46(45-28)33-14-12-16-35(27-33)47-34-15-11-13-32(24-34)43(40-17-9-10-22-44-40)38-25-30(41(3,4)5)18-20-36(38)37-21-19-31(26-39(37)43)42(6,7)8;/h9-23,25-26H,1-8H3;/q-2;+2. The maximum Gasteiger partial charge on any atom is 2.00 e. The van der Waals surface area contributed by atoms with Crippen LogP contribution < -0.4 is 4.74 Å². The first-order valence-corrected chi connectivity index (χ1v) is 16.3. The van der Waals surface area contributed by atoms with Crippen LogP contribution in [0.1, 0.15) is 86.4 Å². The van der Waals surface area contributed by atoms with Crippen LogP contribution in [0.4, 0.5) is 0 Å². The van der Waals surface area contributed by atoms with Gasteiger partial charge >= 0.3 is 21.1 Å². The van der Waals surface area contributed by atoms with Gasteiger partial charge in [-0.1, -0.05) is 84.0 Å². The predicted octanol–water partition coefficient (Wildman–Crippen LogP) is 10.2. The Morgan fingerprint density at radius 3 is 1.81 bits per heavy atom. The fraction of sp³-hybridized carbons (Fsp3) is 0.256.